The number of piperidine rings is 1. The maximum Gasteiger partial charge on any atom is 0.0120 e. The second-order valence-corrected chi connectivity index (χ2v) is 7.51. The van der Waals surface area contributed by atoms with Gasteiger partial charge in [0, 0.05) is 18.6 Å². The van der Waals surface area contributed by atoms with Gasteiger partial charge in [-0.05, 0) is 57.0 Å². The molecule has 1 heterocycles. The maximum atomic E-state index is 4.00. The van der Waals surface area contributed by atoms with Gasteiger partial charge in [-0.1, -0.05) is 33.6 Å². The second kappa shape index (κ2) is 7.08. The van der Waals surface area contributed by atoms with Crippen LogP contribution in [0.2, 0.25) is 0 Å². The molecule has 0 aromatic rings. The summed E-state index contributed by atoms with van der Waals surface area (Å²) in [6, 6.07) is 1.55. The summed E-state index contributed by atoms with van der Waals surface area (Å²) in [5.41, 5.74) is 0. The molecule has 2 fully saturated rings. The minimum atomic E-state index is 0.761. The van der Waals surface area contributed by atoms with Gasteiger partial charge in [0.05, 0.1) is 0 Å². The average Bonchev–Trinajstić information content (AvgIpc) is 2.58. The Balaban J connectivity index is 1.79. The molecule has 1 saturated carbocycles. The number of nitrogens with one attached hydrogen (secondary N) is 1. The van der Waals surface area contributed by atoms with Crippen LogP contribution in [-0.4, -0.2) is 37.1 Å². The van der Waals surface area contributed by atoms with Crippen LogP contribution in [0.15, 0.2) is 0 Å². The Labute approximate surface area is 120 Å². The normalized spacial score (nSPS) is 38.4. The standard InChI is InChI=1S/C17H34N2/c1-13(2)15-6-5-7-16(9-8-15)18-17-10-11-19(4)12-14(17)3/h13-18H,5-12H2,1-4H3. The molecule has 0 aromatic carbocycles. The van der Waals surface area contributed by atoms with Crippen molar-refractivity contribution in [2.75, 3.05) is 20.1 Å². The highest BCUT2D eigenvalue weighted by molar-refractivity contribution is 4.86. The van der Waals surface area contributed by atoms with Crippen molar-refractivity contribution in [2.45, 2.75) is 71.4 Å². The lowest BCUT2D eigenvalue weighted by atomic mass is 9.89. The SMILES string of the molecule is CC(C)C1CCCC(NC2CCN(C)CC2C)CC1. The van der Waals surface area contributed by atoms with Crippen molar-refractivity contribution in [2.24, 2.45) is 17.8 Å². The van der Waals surface area contributed by atoms with E-state index in [1.807, 2.05) is 0 Å². The van der Waals surface area contributed by atoms with Crippen molar-refractivity contribution in [3.63, 3.8) is 0 Å². The van der Waals surface area contributed by atoms with Gasteiger partial charge in [-0.3, -0.25) is 0 Å². The van der Waals surface area contributed by atoms with E-state index in [2.05, 4.69) is 38.0 Å². The fraction of sp³-hybridized carbons (Fsp3) is 1.00. The lowest BCUT2D eigenvalue weighted by Crippen LogP contribution is -2.50. The van der Waals surface area contributed by atoms with E-state index < -0.39 is 0 Å². The largest absolute Gasteiger partial charge is 0.311 e. The molecule has 0 amide bonds. The van der Waals surface area contributed by atoms with Gasteiger partial charge in [-0.25, -0.2) is 0 Å². The smallest absolute Gasteiger partial charge is 0.0120 e. The summed E-state index contributed by atoms with van der Waals surface area (Å²) < 4.78 is 0. The van der Waals surface area contributed by atoms with Crippen LogP contribution in [0.5, 0.6) is 0 Å². The fourth-order valence-corrected chi connectivity index (χ4v) is 4.07. The van der Waals surface area contributed by atoms with Crippen LogP contribution in [0, 0.1) is 17.8 Å². The summed E-state index contributed by atoms with van der Waals surface area (Å²) in [5.74, 6) is 2.66. The molecule has 112 valence electrons. The zero-order valence-electron chi connectivity index (χ0n) is 13.5. The van der Waals surface area contributed by atoms with Crippen molar-refractivity contribution in [1.29, 1.82) is 0 Å². The van der Waals surface area contributed by atoms with Crippen LogP contribution >= 0.6 is 0 Å². The van der Waals surface area contributed by atoms with Gasteiger partial charge in [-0.2, -0.15) is 0 Å². The van der Waals surface area contributed by atoms with Gasteiger partial charge in [0.2, 0.25) is 0 Å². The Morgan fingerprint density at radius 2 is 1.84 bits per heavy atom. The highest BCUT2D eigenvalue weighted by Gasteiger charge is 2.27. The van der Waals surface area contributed by atoms with E-state index in [1.165, 1.54) is 51.6 Å². The van der Waals surface area contributed by atoms with E-state index in [1.54, 1.807) is 0 Å². The molecule has 2 aliphatic rings. The summed E-state index contributed by atoms with van der Waals surface area (Å²) in [6.07, 6.45) is 8.47. The third kappa shape index (κ3) is 4.46. The molecule has 0 spiro atoms. The van der Waals surface area contributed by atoms with E-state index in [-0.39, 0.29) is 0 Å². The number of hydrogen-bond acceptors (Lipinski definition) is 2. The second-order valence-electron chi connectivity index (χ2n) is 7.51. The number of rotatable bonds is 3. The Kier molecular flexibility index (Phi) is 5.70. The van der Waals surface area contributed by atoms with E-state index in [0.29, 0.717) is 0 Å². The van der Waals surface area contributed by atoms with Crippen LogP contribution < -0.4 is 5.32 Å². The quantitative estimate of drug-likeness (QED) is 0.786. The van der Waals surface area contributed by atoms with E-state index >= 15 is 0 Å². The van der Waals surface area contributed by atoms with Crippen molar-refractivity contribution in [1.82, 2.24) is 10.2 Å². The number of hydrogen-bond donors (Lipinski definition) is 1. The topological polar surface area (TPSA) is 15.3 Å². The lowest BCUT2D eigenvalue weighted by molar-refractivity contribution is 0.163. The lowest BCUT2D eigenvalue weighted by Gasteiger charge is -2.37. The van der Waals surface area contributed by atoms with Crippen molar-refractivity contribution in [3.05, 3.63) is 0 Å². The molecule has 4 atom stereocenters. The highest BCUT2D eigenvalue weighted by atomic mass is 15.1. The molecule has 2 nitrogen and oxygen atoms in total. The fourth-order valence-electron chi connectivity index (χ4n) is 4.07. The van der Waals surface area contributed by atoms with Crippen LogP contribution in [0.4, 0.5) is 0 Å². The first-order valence-corrected chi connectivity index (χ1v) is 8.51. The summed E-state index contributed by atoms with van der Waals surface area (Å²) in [4.78, 5) is 2.48. The first-order chi connectivity index (χ1) is 9.06. The van der Waals surface area contributed by atoms with E-state index in [4.69, 9.17) is 0 Å². The van der Waals surface area contributed by atoms with Crippen molar-refractivity contribution < 1.29 is 0 Å². The predicted octanol–water partition coefficient (Wildman–Crippen LogP) is 3.52. The Bertz CT molecular complexity index is 264. The molecule has 1 saturated heterocycles. The van der Waals surface area contributed by atoms with Gasteiger partial charge in [0.15, 0.2) is 0 Å². The van der Waals surface area contributed by atoms with Gasteiger partial charge in [0.25, 0.3) is 0 Å². The molecule has 2 heteroatoms. The Morgan fingerprint density at radius 1 is 1.05 bits per heavy atom. The van der Waals surface area contributed by atoms with Crippen LogP contribution in [0.25, 0.3) is 0 Å². The highest BCUT2D eigenvalue weighted by Crippen LogP contribution is 2.29. The van der Waals surface area contributed by atoms with Crippen molar-refractivity contribution >= 4 is 0 Å². The summed E-state index contributed by atoms with van der Waals surface area (Å²) in [6.45, 7) is 9.75. The van der Waals surface area contributed by atoms with Crippen LogP contribution in [0.3, 0.4) is 0 Å². The molecule has 2 rings (SSSR count). The molecule has 1 N–H and O–H groups in total. The summed E-state index contributed by atoms with van der Waals surface area (Å²) in [7, 11) is 2.26. The molecule has 1 aliphatic heterocycles. The van der Waals surface area contributed by atoms with Crippen LogP contribution in [0.1, 0.15) is 59.3 Å². The average molecular weight is 266 g/mol. The third-order valence-electron chi connectivity index (χ3n) is 5.51. The number of likely N-dealkylation sites (tertiary alicyclic amines) is 1. The zero-order valence-corrected chi connectivity index (χ0v) is 13.5. The zero-order chi connectivity index (χ0) is 13.8. The van der Waals surface area contributed by atoms with Gasteiger partial charge >= 0.3 is 0 Å². The first-order valence-electron chi connectivity index (χ1n) is 8.51. The molecular formula is C17H34N2. The monoisotopic (exact) mass is 266 g/mol. The van der Waals surface area contributed by atoms with Gasteiger partial charge in [-0.15, -0.1) is 0 Å². The van der Waals surface area contributed by atoms with Crippen LogP contribution in [-0.2, 0) is 0 Å². The van der Waals surface area contributed by atoms with E-state index in [0.717, 1.165) is 29.8 Å². The summed E-state index contributed by atoms with van der Waals surface area (Å²) >= 11 is 0. The minimum absolute atomic E-state index is 0.761. The summed E-state index contributed by atoms with van der Waals surface area (Å²) in [5, 5.41) is 4.00. The Hall–Kier alpha value is -0.0800. The number of nitrogens with zero attached hydrogens (tertiary/aromatic N) is 1. The van der Waals surface area contributed by atoms with Crippen molar-refractivity contribution in [3.8, 4) is 0 Å². The molecule has 0 aromatic heterocycles. The molecule has 4 unspecified atom stereocenters. The first kappa shape index (κ1) is 15.3. The molecule has 1 aliphatic carbocycles. The molecular weight excluding hydrogens is 232 g/mol. The van der Waals surface area contributed by atoms with Gasteiger partial charge < -0.3 is 10.2 Å². The minimum Gasteiger partial charge on any atom is -0.311 e. The molecule has 0 radical (unpaired) electrons. The Morgan fingerprint density at radius 3 is 2.53 bits per heavy atom. The van der Waals surface area contributed by atoms with Gasteiger partial charge in [0.1, 0.15) is 0 Å². The third-order valence-corrected chi connectivity index (χ3v) is 5.51. The molecule has 0 bridgehead atoms. The molecule has 19 heavy (non-hydrogen) atoms. The van der Waals surface area contributed by atoms with E-state index in [9.17, 15) is 0 Å². The maximum absolute atomic E-state index is 4.00. The predicted molar refractivity (Wildman–Crippen MR) is 83.4 cm³/mol.